The summed E-state index contributed by atoms with van der Waals surface area (Å²) in [7, 11) is 0. The van der Waals surface area contributed by atoms with Gasteiger partial charge in [-0.1, -0.05) is 18.2 Å². The average Bonchev–Trinajstić information content (AvgIpc) is 2.47. The van der Waals surface area contributed by atoms with Gasteiger partial charge < -0.3 is 9.84 Å². The van der Waals surface area contributed by atoms with Crippen molar-refractivity contribution in [3.8, 4) is 5.75 Å². The first-order chi connectivity index (χ1) is 9.74. The topological polar surface area (TPSA) is 49.8 Å². The van der Waals surface area contributed by atoms with Crippen LogP contribution in [0.2, 0.25) is 0 Å². The summed E-state index contributed by atoms with van der Waals surface area (Å²) in [6.45, 7) is 2.77. The summed E-state index contributed by atoms with van der Waals surface area (Å²) >= 11 is 0. The minimum atomic E-state index is -0.667. The molecule has 1 aromatic rings. The van der Waals surface area contributed by atoms with Crippen molar-refractivity contribution in [1.82, 2.24) is 4.90 Å². The number of hydrogen-bond acceptors (Lipinski definition) is 3. The maximum atomic E-state index is 10.8. The number of hydrogen-bond donors (Lipinski definition) is 1. The van der Waals surface area contributed by atoms with E-state index in [0.717, 1.165) is 44.7 Å². The van der Waals surface area contributed by atoms with Crippen molar-refractivity contribution in [2.24, 2.45) is 5.92 Å². The highest BCUT2D eigenvalue weighted by Crippen LogP contribution is 2.37. The van der Waals surface area contributed by atoms with Gasteiger partial charge in [-0.15, -0.1) is 0 Å². The SMILES string of the molecule is O=C(O)CC1CCN(C2CCOc3ccccc32)CC1. The number of fused-ring (bicyclic) bond motifs is 1. The first-order valence-electron chi connectivity index (χ1n) is 7.41. The second kappa shape index (κ2) is 5.83. The lowest BCUT2D eigenvalue weighted by atomic mass is 9.90. The number of rotatable bonds is 3. The highest BCUT2D eigenvalue weighted by Gasteiger charge is 2.30. The molecule has 1 atom stereocenters. The smallest absolute Gasteiger partial charge is 0.303 e. The zero-order valence-corrected chi connectivity index (χ0v) is 11.6. The monoisotopic (exact) mass is 275 g/mol. The lowest BCUT2D eigenvalue weighted by Gasteiger charge is -2.39. The Labute approximate surface area is 119 Å². The highest BCUT2D eigenvalue weighted by molar-refractivity contribution is 5.67. The van der Waals surface area contributed by atoms with Gasteiger partial charge in [0.25, 0.3) is 0 Å². The van der Waals surface area contributed by atoms with Crippen molar-refractivity contribution >= 4 is 5.97 Å². The van der Waals surface area contributed by atoms with E-state index in [2.05, 4.69) is 17.0 Å². The molecular weight excluding hydrogens is 254 g/mol. The van der Waals surface area contributed by atoms with Gasteiger partial charge in [-0.05, 0) is 37.9 Å². The third-order valence-electron chi connectivity index (χ3n) is 4.48. The Morgan fingerprint density at radius 3 is 2.75 bits per heavy atom. The van der Waals surface area contributed by atoms with Crippen molar-refractivity contribution < 1.29 is 14.6 Å². The Bertz CT molecular complexity index is 480. The van der Waals surface area contributed by atoms with E-state index in [-0.39, 0.29) is 0 Å². The van der Waals surface area contributed by atoms with E-state index in [4.69, 9.17) is 9.84 Å². The molecule has 1 fully saturated rings. The van der Waals surface area contributed by atoms with Gasteiger partial charge >= 0.3 is 5.97 Å². The van der Waals surface area contributed by atoms with Gasteiger partial charge in [-0.2, -0.15) is 0 Å². The highest BCUT2D eigenvalue weighted by atomic mass is 16.5. The van der Waals surface area contributed by atoms with Crippen LogP contribution in [0.5, 0.6) is 5.75 Å². The van der Waals surface area contributed by atoms with E-state index >= 15 is 0 Å². The zero-order valence-electron chi connectivity index (χ0n) is 11.6. The Balaban J connectivity index is 1.66. The predicted octanol–water partition coefficient (Wildman–Crippen LogP) is 2.70. The molecule has 2 heterocycles. The second-order valence-electron chi connectivity index (χ2n) is 5.77. The number of carbonyl (C=O) groups is 1. The maximum absolute atomic E-state index is 10.8. The summed E-state index contributed by atoms with van der Waals surface area (Å²) in [5, 5.41) is 8.88. The molecule has 20 heavy (non-hydrogen) atoms. The van der Waals surface area contributed by atoms with Gasteiger partial charge in [-0.25, -0.2) is 0 Å². The van der Waals surface area contributed by atoms with Crippen molar-refractivity contribution in [2.75, 3.05) is 19.7 Å². The molecule has 0 aromatic heterocycles. The minimum absolute atomic E-state index is 0.318. The van der Waals surface area contributed by atoms with Crippen LogP contribution in [-0.4, -0.2) is 35.7 Å². The van der Waals surface area contributed by atoms with E-state index in [1.165, 1.54) is 5.56 Å². The number of nitrogens with zero attached hydrogens (tertiary/aromatic N) is 1. The van der Waals surface area contributed by atoms with Gasteiger partial charge in [0.1, 0.15) is 5.75 Å². The third kappa shape index (κ3) is 2.80. The summed E-state index contributed by atoms with van der Waals surface area (Å²) in [6.07, 6.45) is 3.33. The fourth-order valence-corrected chi connectivity index (χ4v) is 3.42. The van der Waals surface area contributed by atoms with Crippen LogP contribution in [0.15, 0.2) is 24.3 Å². The molecule has 3 rings (SSSR count). The van der Waals surface area contributed by atoms with Crippen LogP contribution in [0, 0.1) is 5.92 Å². The van der Waals surface area contributed by atoms with Crippen molar-refractivity contribution in [3.05, 3.63) is 29.8 Å². The maximum Gasteiger partial charge on any atom is 0.303 e. The summed E-state index contributed by atoms with van der Waals surface area (Å²) < 4.78 is 5.71. The zero-order chi connectivity index (χ0) is 13.9. The van der Waals surface area contributed by atoms with E-state index in [9.17, 15) is 4.79 Å². The molecule has 1 N–H and O–H groups in total. The van der Waals surface area contributed by atoms with Crippen molar-refractivity contribution in [3.63, 3.8) is 0 Å². The number of aliphatic carboxylic acids is 1. The van der Waals surface area contributed by atoms with Gasteiger partial charge in [0.05, 0.1) is 6.61 Å². The molecule has 4 heteroatoms. The minimum Gasteiger partial charge on any atom is -0.493 e. The summed E-state index contributed by atoms with van der Waals surface area (Å²) in [4.78, 5) is 13.3. The molecule has 0 spiro atoms. The molecule has 0 radical (unpaired) electrons. The van der Waals surface area contributed by atoms with Crippen LogP contribution >= 0.6 is 0 Å². The number of piperidine rings is 1. The second-order valence-corrected chi connectivity index (χ2v) is 5.77. The van der Waals surface area contributed by atoms with E-state index < -0.39 is 5.97 Å². The van der Waals surface area contributed by atoms with Gasteiger partial charge in [0.15, 0.2) is 0 Å². The van der Waals surface area contributed by atoms with Crippen LogP contribution in [0.3, 0.4) is 0 Å². The van der Waals surface area contributed by atoms with Gasteiger partial charge in [-0.3, -0.25) is 9.69 Å². The average molecular weight is 275 g/mol. The number of benzene rings is 1. The van der Waals surface area contributed by atoms with Gasteiger partial charge in [0.2, 0.25) is 0 Å². The lowest BCUT2D eigenvalue weighted by molar-refractivity contribution is -0.138. The summed E-state index contributed by atoms with van der Waals surface area (Å²) in [5.74, 6) is 0.690. The fraction of sp³-hybridized carbons (Fsp3) is 0.562. The number of carboxylic acids is 1. The van der Waals surface area contributed by atoms with Crippen LogP contribution in [0.1, 0.15) is 37.3 Å². The van der Waals surface area contributed by atoms with Crippen LogP contribution in [0.4, 0.5) is 0 Å². The Hall–Kier alpha value is -1.55. The summed E-state index contributed by atoms with van der Waals surface area (Å²) in [5.41, 5.74) is 1.29. The van der Waals surface area contributed by atoms with Crippen LogP contribution < -0.4 is 4.74 Å². The molecule has 0 saturated carbocycles. The number of para-hydroxylation sites is 1. The Kier molecular flexibility index (Phi) is 3.92. The quantitative estimate of drug-likeness (QED) is 0.921. The normalized spacial score (nSPS) is 23.9. The number of ether oxygens (including phenoxy) is 1. The molecule has 4 nitrogen and oxygen atoms in total. The molecule has 2 aliphatic rings. The Morgan fingerprint density at radius 2 is 2.00 bits per heavy atom. The number of likely N-dealkylation sites (tertiary alicyclic amines) is 1. The molecule has 2 aliphatic heterocycles. The Morgan fingerprint density at radius 1 is 1.25 bits per heavy atom. The lowest BCUT2D eigenvalue weighted by Crippen LogP contribution is -2.39. The van der Waals surface area contributed by atoms with E-state index in [1.54, 1.807) is 0 Å². The fourth-order valence-electron chi connectivity index (χ4n) is 3.42. The van der Waals surface area contributed by atoms with E-state index in [1.807, 2.05) is 12.1 Å². The first-order valence-corrected chi connectivity index (χ1v) is 7.41. The molecule has 0 aliphatic carbocycles. The molecule has 108 valence electrons. The van der Waals surface area contributed by atoms with Crippen molar-refractivity contribution in [1.29, 1.82) is 0 Å². The van der Waals surface area contributed by atoms with Crippen LogP contribution in [0.25, 0.3) is 0 Å². The van der Waals surface area contributed by atoms with E-state index in [0.29, 0.717) is 18.4 Å². The number of carboxylic acid groups (broad SMARTS) is 1. The largest absolute Gasteiger partial charge is 0.493 e. The molecule has 1 aromatic carbocycles. The predicted molar refractivity (Wildman–Crippen MR) is 75.8 cm³/mol. The molecular formula is C16H21NO3. The molecule has 1 unspecified atom stereocenters. The first kappa shape index (κ1) is 13.4. The molecule has 0 amide bonds. The summed E-state index contributed by atoms with van der Waals surface area (Å²) in [6, 6.07) is 8.71. The van der Waals surface area contributed by atoms with Crippen molar-refractivity contribution in [2.45, 2.75) is 31.7 Å². The third-order valence-corrected chi connectivity index (χ3v) is 4.48. The van der Waals surface area contributed by atoms with Gasteiger partial charge in [0, 0.05) is 24.4 Å². The van der Waals surface area contributed by atoms with Crippen LogP contribution in [-0.2, 0) is 4.79 Å². The molecule has 0 bridgehead atoms. The molecule has 1 saturated heterocycles. The standard InChI is InChI=1S/C16H21NO3/c18-16(19)11-12-5-8-17(9-6-12)14-7-10-20-15-4-2-1-3-13(14)15/h1-4,12,14H,5-11H2,(H,18,19).